The molecular formula is C35H37ClFN3O5S. The number of unbranched alkanes of at least 4 members (excludes halogenated alkanes) is 1. The van der Waals surface area contributed by atoms with Crippen molar-refractivity contribution in [2.45, 2.75) is 43.7 Å². The first-order valence-electron chi connectivity index (χ1n) is 14.9. The van der Waals surface area contributed by atoms with Crippen LogP contribution >= 0.6 is 11.6 Å². The van der Waals surface area contributed by atoms with Crippen molar-refractivity contribution in [2.24, 2.45) is 0 Å². The number of halogens is 2. The molecule has 2 amide bonds. The number of ether oxygens (including phenoxy) is 1. The molecule has 0 aliphatic heterocycles. The maximum absolute atomic E-state index is 15.1. The van der Waals surface area contributed by atoms with Crippen LogP contribution in [0.15, 0.2) is 108 Å². The van der Waals surface area contributed by atoms with Crippen LogP contribution < -0.4 is 14.4 Å². The van der Waals surface area contributed by atoms with Crippen LogP contribution in [0.1, 0.15) is 30.9 Å². The molecule has 46 heavy (non-hydrogen) atoms. The van der Waals surface area contributed by atoms with Crippen molar-refractivity contribution < 1.29 is 27.1 Å². The lowest BCUT2D eigenvalue weighted by Crippen LogP contribution is -2.53. The standard InChI is InChI=1S/C35H37ClFN3O5S/c1-3-4-21-38-35(42)32(22-26-13-7-5-8-14-26)39(24-27-15-11-12-18-30(27)37)34(41)25-40(31-23-28(36)19-20-33(31)45-2)46(43,44)29-16-9-6-10-17-29/h5-20,23,32H,3-4,21-22,24-25H2,1-2H3,(H,38,42)/t32-/m0/s1. The molecule has 4 aromatic rings. The minimum Gasteiger partial charge on any atom is -0.495 e. The van der Waals surface area contributed by atoms with E-state index in [9.17, 15) is 18.0 Å². The number of amides is 2. The van der Waals surface area contributed by atoms with E-state index in [4.69, 9.17) is 16.3 Å². The third-order valence-electron chi connectivity index (χ3n) is 7.42. The summed E-state index contributed by atoms with van der Waals surface area (Å²) in [6.45, 7) is 1.37. The first-order chi connectivity index (χ1) is 22.1. The van der Waals surface area contributed by atoms with Crippen molar-refractivity contribution in [1.82, 2.24) is 10.2 Å². The number of carbonyl (C=O) groups is 2. The fourth-order valence-electron chi connectivity index (χ4n) is 4.96. The summed E-state index contributed by atoms with van der Waals surface area (Å²) in [6.07, 6.45) is 1.68. The number of hydrogen-bond donors (Lipinski definition) is 1. The van der Waals surface area contributed by atoms with Crippen molar-refractivity contribution in [2.75, 3.05) is 24.5 Å². The molecule has 0 saturated heterocycles. The van der Waals surface area contributed by atoms with Gasteiger partial charge in [-0.05, 0) is 48.4 Å². The fraction of sp³-hybridized carbons (Fsp3) is 0.257. The van der Waals surface area contributed by atoms with Gasteiger partial charge in [-0.2, -0.15) is 0 Å². The Morgan fingerprint density at radius 2 is 1.59 bits per heavy atom. The summed E-state index contributed by atoms with van der Waals surface area (Å²) in [5, 5.41) is 3.13. The van der Waals surface area contributed by atoms with Crippen LogP contribution in [-0.4, -0.2) is 51.4 Å². The van der Waals surface area contributed by atoms with Gasteiger partial charge in [-0.15, -0.1) is 0 Å². The lowest BCUT2D eigenvalue weighted by Gasteiger charge is -2.34. The lowest BCUT2D eigenvalue weighted by atomic mass is 10.0. The SMILES string of the molecule is CCCCNC(=O)[C@H](Cc1ccccc1)N(Cc1ccccc1F)C(=O)CN(c1cc(Cl)ccc1OC)S(=O)(=O)c1ccccc1. The second-order valence-electron chi connectivity index (χ2n) is 10.6. The van der Waals surface area contributed by atoms with Crippen LogP contribution in [-0.2, 0) is 32.6 Å². The van der Waals surface area contributed by atoms with Crippen LogP contribution in [0, 0.1) is 5.82 Å². The summed E-state index contributed by atoms with van der Waals surface area (Å²) < 4.78 is 49.8. The molecule has 0 aromatic heterocycles. The maximum atomic E-state index is 15.1. The van der Waals surface area contributed by atoms with E-state index in [-0.39, 0.29) is 39.9 Å². The molecule has 0 bridgehead atoms. The van der Waals surface area contributed by atoms with E-state index < -0.39 is 40.2 Å². The molecule has 11 heteroatoms. The molecule has 4 rings (SSSR count). The molecule has 0 saturated carbocycles. The highest BCUT2D eigenvalue weighted by Gasteiger charge is 2.36. The average Bonchev–Trinajstić information content (AvgIpc) is 3.06. The summed E-state index contributed by atoms with van der Waals surface area (Å²) in [5.74, 6) is -1.55. The van der Waals surface area contributed by atoms with Crippen molar-refractivity contribution >= 4 is 39.1 Å². The minimum atomic E-state index is -4.36. The van der Waals surface area contributed by atoms with E-state index in [1.807, 2.05) is 37.3 Å². The van der Waals surface area contributed by atoms with E-state index >= 15 is 4.39 Å². The summed E-state index contributed by atoms with van der Waals surface area (Å²) in [6, 6.07) is 26.1. The quantitative estimate of drug-likeness (QED) is 0.152. The van der Waals surface area contributed by atoms with Crippen LogP contribution in [0.4, 0.5) is 10.1 Å². The number of carbonyl (C=O) groups excluding carboxylic acids is 2. The van der Waals surface area contributed by atoms with E-state index in [1.54, 1.807) is 30.3 Å². The molecule has 0 aliphatic rings. The summed E-state index contributed by atoms with van der Waals surface area (Å²) in [4.78, 5) is 29.5. The molecule has 242 valence electrons. The first-order valence-corrected chi connectivity index (χ1v) is 16.7. The maximum Gasteiger partial charge on any atom is 0.264 e. The van der Waals surface area contributed by atoms with Gasteiger partial charge in [0.1, 0.15) is 24.2 Å². The molecule has 4 aromatic carbocycles. The zero-order valence-corrected chi connectivity index (χ0v) is 27.3. The molecule has 1 atom stereocenters. The molecule has 0 heterocycles. The third-order valence-corrected chi connectivity index (χ3v) is 9.43. The third kappa shape index (κ3) is 8.64. The number of nitrogens with zero attached hydrogens (tertiary/aromatic N) is 2. The summed E-state index contributed by atoms with van der Waals surface area (Å²) >= 11 is 6.31. The zero-order valence-electron chi connectivity index (χ0n) is 25.7. The Hall–Kier alpha value is -4.41. The number of nitrogens with one attached hydrogen (secondary N) is 1. The highest BCUT2D eigenvalue weighted by Crippen LogP contribution is 2.35. The minimum absolute atomic E-state index is 0.0325. The molecule has 0 fully saturated rings. The molecule has 0 spiro atoms. The second-order valence-corrected chi connectivity index (χ2v) is 12.9. The Balaban J connectivity index is 1.84. The van der Waals surface area contributed by atoms with E-state index in [0.29, 0.717) is 6.54 Å². The lowest BCUT2D eigenvalue weighted by molar-refractivity contribution is -0.140. The Kier molecular flexibility index (Phi) is 12.2. The predicted molar refractivity (Wildman–Crippen MR) is 178 cm³/mol. The van der Waals surface area contributed by atoms with Gasteiger partial charge in [-0.25, -0.2) is 12.8 Å². The van der Waals surface area contributed by atoms with Crippen molar-refractivity contribution in [1.29, 1.82) is 0 Å². The normalized spacial score (nSPS) is 11.8. The summed E-state index contributed by atoms with van der Waals surface area (Å²) in [7, 11) is -2.99. The van der Waals surface area contributed by atoms with Crippen molar-refractivity contribution in [3.63, 3.8) is 0 Å². The van der Waals surface area contributed by atoms with Gasteiger partial charge in [0, 0.05) is 30.1 Å². The average molecular weight is 666 g/mol. The zero-order chi connectivity index (χ0) is 33.1. The number of rotatable bonds is 15. The first kappa shape index (κ1) is 34.5. The largest absolute Gasteiger partial charge is 0.495 e. The van der Waals surface area contributed by atoms with Gasteiger partial charge < -0.3 is 15.0 Å². The smallest absolute Gasteiger partial charge is 0.264 e. The molecule has 8 nitrogen and oxygen atoms in total. The van der Waals surface area contributed by atoms with Gasteiger partial charge in [0.25, 0.3) is 10.0 Å². The molecule has 0 unspecified atom stereocenters. The Bertz CT molecular complexity index is 1720. The van der Waals surface area contributed by atoms with E-state index in [2.05, 4.69) is 5.32 Å². The van der Waals surface area contributed by atoms with Gasteiger partial charge in [0.15, 0.2) is 0 Å². The Labute approximate surface area is 274 Å². The highest BCUT2D eigenvalue weighted by atomic mass is 35.5. The van der Waals surface area contributed by atoms with Gasteiger partial charge in [0.2, 0.25) is 11.8 Å². The Morgan fingerprint density at radius 1 is 0.935 bits per heavy atom. The van der Waals surface area contributed by atoms with Crippen LogP contribution in [0.5, 0.6) is 5.75 Å². The van der Waals surface area contributed by atoms with Crippen molar-refractivity contribution in [3.8, 4) is 5.75 Å². The number of hydrogen-bond acceptors (Lipinski definition) is 5. The van der Waals surface area contributed by atoms with E-state index in [0.717, 1.165) is 22.7 Å². The topological polar surface area (TPSA) is 96.0 Å². The van der Waals surface area contributed by atoms with Crippen molar-refractivity contribution in [3.05, 3.63) is 125 Å². The number of benzene rings is 4. The number of methoxy groups -OCH3 is 1. The molecule has 1 N–H and O–H groups in total. The fourth-order valence-corrected chi connectivity index (χ4v) is 6.57. The number of anilines is 1. The molecule has 0 radical (unpaired) electrons. The Morgan fingerprint density at radius 3 is 2.24 bits per heavy atom. The van der Waals surface area contributed by atoms with Gasteiger partial charge in [0.05, 0.1) is 17.7 Å². The van der Waals surface area contributed by atoms with Crippen LogP contribution in [0.3, 0.4) is 0 Å². The van der Waals surface area contributed by atoms with Crippen LogP contribution in [0.25, 0.3) is 0 Å². The number of sulfonamides is 1. The molecular weight excluding hydrogens is 629 g/mol. The van der Waals surface area contributed by atoms with Gasteiger partial charge in [-0.3, -0.25) is 13.9 Å². The molecule has 0 aliphatic carbocycles. The van der Waals surface area contributed by atoms with Crippen LogP contribution in [0.2, 0.25) is 5.02 Å². The monoisotopic (exact) mass is 665 g/mol. The van der Waals surface area contributed by atoms with Gasteiger partial charge in [-0.1, -0.05) is 91.7 Å². The highest BCUT2D eigenvalue weighted by molar-refractivity contribution is 7.92. The summed E-state index contributed by atoms with van der Waals surface area (Å²) in [5.41, 5.74) is 0.980. The second kappa shape index (κ2) is 16.2. The van der Waals surface area contributed by atoms with Gasteiger partial charge >= 0.3 is 0 Å². The van der Waals surface area contributed by atoms with E-state index in [1.165, 1.54) is 54.5 Å². The predicted octanol–water partition coefficient (Wildman–Crippen LogP) is 6.24.